The fraction of sp³-hybridized carbons (Fsp3) is 0.273. The average Bonchev–Trinajstić information content (AvgIpc) is 3.41. The number of nitriles is 1. The number of aldehydes is 1. The summed E-state index contributed by atoms with van der Waals surface area (Å²) in [6.07, 6.45) is 5.40. The van der Waals surface area contributed by atoms with Crippen LogP contribution >= 0.6 is 0 Å². The minimum Gasteiger partial charge on any atom is -0.474 e. The van der Waals surface area contributed by atoms with Crippen LogP contribution in [0.4, 0.5) is 0 Å². The second-order valence-electron chi connectivity index (χ2n) is 7.23. The van der Waals surface area contributed by atoms with Crippen molar-refractivity contribution in [2.24, 2.45) is 0 Å². The molecule has 9 nitrogen and oxygen atoms in total. The first-order chi connectivity index (χ1) is 15.1. The zero-order valence-electron chi connectivity index (χ0n) is 17.1. The van der Waals surface area contributed by atoms with Crippen molar-refractivity contribution in [3.63, 3.8) is 0 Å². The van der Waals surface area contributed by atoms with Crippen molar-refractivity contribution < 1.29 is 14.1 Å². The summed E-state index contributed by atoms with van der Waals surface area (Å²) in [6.45, 7) is 4.41. The summed E-state index contributed by atoms with van der Waals surface area (Å²) in [5.74, 6) is 0.961. The molecule has 9 heteroatoms. The lowest BCUT2D eigenvalue weighted by Crippen LogP contribution is -2.08. The molecular weight excluding hydrogens is 396 g/mol. The Morgan fingerprint density at radius 1 is 1.26 bits per heavy atom. The molecule has 4 rings (SSSR count). The molecule has 0 atom stereocenters. The summed E-state index contributed by atoms with van der Waals surface area (Å²) >= 11 is 0. The van der Waals surface area contributed by atoms with Crippen LogP contribution in [-0.4, -0.2) is 37.3 Å². The summed E-state index contributed by atoms with van der Waals surface area (Å²) in [5.41, 5.74) is 2.59. The van der Waals surface area contributed by atoms with E-state index in [-0.39, 0.29) is 17.9 Å². The Morgan fingerprint density at radius 3 is 2.90 bits per heavy atom. The summed E-state index contributed by atoms with van der Waals surface area (Å²) in [5, 5.41) is 18.8. The first-order valence-electron chi connectivity index (χ1n) is 9.89. The third kappa shape index (κ3) is 4.28. The number of pyridine rings is 1. The number of aryl methyl sites for hydroxylation is 1. The number of hydrogen-bond acceptors (Lipinski definition) is 8. The number of fused-ring (bicyclic) bond motifs is 1. The molecule has 0 N–H and O–H groups in total. The van der Waals surface area contributed by atoms with Gasteiger partial charge in [-0.25, -0.2) is 4.98 Å². The highest BCUT2D eigenvalue weighted by Crippen LogP contribution is 2.27. The maximum Gasteiger partial charge on any atom is 0.259 e. The molecule has 4 aromatic rings. The smallest absolute Gasteiger partial charge is 0.259 e. The van der Waals surface area contributed by atoms with Crippen molar-refractivity contribution in [2.75, 3.05) is 0 Å². The second kappa shape index (κ2) is 8.75. The number of ether oxygens (including phenoxy) is 1. The highest BCUT2D eigenvalue weighted by Gasteiger charge is 2.16. The fourth-order valence-electron chi connectivity index (χ4n) is 3.15. The Morgan fingerprint density at radius 2 is 2.13 bits per heavy atom. The predicted octanol–water partition coefficient (Wildman–Crippen LogP) is 3.79. The first-order valence-corrected chi connectivity index (χ1v) is 9.89. The van der Waals surface area contributed by atoms with Crippen LogP contribution in [0.5, 0.6) is 5.88 Å². The Bertz CT molecular complexity index is 1270. The largest absolute Gasteiger partial charge is 0.474 e. The normalized spacial score (nSPS) is 11.0. The van der Waals surface area contributed by atoms with Crippen molar-refractivity contribution in [2.45, 2.75) is 39.3 Å². The van der Waals surface area contributed by atoms with Crippen LogP contribution in [0.25, 0.3) is 33.7 Å². The van der Waals surface area contributed by atoms with Gasteiger partial charge in [0.25, 0.3) is 5.89 Å². The van der Waals surface area contributed by atoms with Gasteiger partial charge in [0.1, 0.15) is 17.9 Å². The number of unbranched alkanes of at least 4 members (excludes halogenated alkanes) is 1. The molecule has 156 valence electrons. The lowest BCUT2D eigenvalue weighted by Gasteiger charge is -2.09. The van der Waals surface area contributed by atoms with Crippen LogP contribution in [0.3, 0.4) is 0 Å². The second-order valence-corrected chi connectivity index (χ2v) is 7.23. The standard InChI is InChI=1S/C22H20N6O3/c1-14(2)30-21-16(11-23)10-18(12-24-21)22-26-20(27-31-22)15-5-6-19-17(9-15)13-25-28(19)7-3-4-8-29/h5-6,8-10,12-14H,3-4,7H2,1-2H3. The van der Waals surface area contributed by atoms with Gasteiger partial charge in [-0.15, -0.1) is 0 Å². The summed E-state index contributed by atoms with van der Waals surface area (Å²) < 4.78 is 12.8. The molecule has 0 radical (unpaired) electrons. The van der Waals surface area contributed by atoms with Gasteiger partial charge in [-0.1, -0.05) is 5.16 Å². The number of aromatic nitrogens is 5. The number of nitrogens with zero attached hydrogens (tertiary/aromatic N) is 6. The third-order valence-electron chi connectivity index (χ3n) is 4.58. The maximum atomic E-state index is 10.5. The zero-order valence-corrected chi connectivity index (χ0v) is 17.1. The predicted molar refractivity (Wildman–Crippen MR) is 112 cm³/mol. The van der Waals surface area contributed by atoms with Gasteiger partial charge in [0.05, 0.1) is 23.4 Å². The van der Waals surface area contributed by atoms with Crippen molar-refractivity contribution >= 4 is 17.2 Å². The number of benzene rings is 1. The molecule has 0 saturated carbocycles. The number of carbonyl (C=O) groups is 1. The van der Waals surface area contributed by atoms with Gasteiger partial charge in [0.2, 0.25) is 11.7 Å². The number of rotatable bonds is 8. The van der Waals surface area contributed by atoms with Gasteiger partial charge in [-0.2, -0.15) is 15.3 Å². The molecule has 31 heavy (non-hydrogen) atoms. The van der Waals surface area contributed by atoms with Crippen LogP contribution in [0.2, 0.25) is 0 Å². The fourth-order valence-corrected chi connectivity index (χ4v) is 3.15. The molecule has 3 heterocycles. The Balaban J connectivity index is 1.59. The highest BCUT2D eigenvalue weighted by atomic mass is 16.5. The van der Waals surface area contributed by atoms with E-state index < -0.39 is 0 Å². The van der Waals surface area contributed by atoms with Gasteiger partial charge in [-0.05, 0) is 44.5 Å². The van der Waals surface area contributed by atoms with E-state index in [4.69, 9.17) is 9.26 Å². The quantitative estimate of drug-likeness (QED) is 0.314. The number of carbonyl (C=O) groups excluding carboxylic acids is 1. The lowest BCUT2D eigenvalue weighted by molar-refractivity contribution is -0.107. The Hall–Kier alpha value is -4.06. The summed E-state index contributed by atoms with van der Waals surface area (Å²) in [6, 6.07) is 9.48. The first kappa shape index (κ1) is 20.2. The van der Waals surface area contributed by atoms with Crippen LogP contribution in [0.1, 0.15) is 32.3 Å². The molecule has 0 unspecified atom stereocenters. The van der Waals surface area contributed by atoms with E-state index in [1.807, 2.05) is 36.7 Å². The minimum absolute atomic E-state index is 0.0928. The van der Waals surface area contributed by atoms with Gasteiger partial charge < -0.3 is 14.1 Å². The van der Waals surface area contributed by atoms with Crippen LogP contribution in [-0.2, 0) is 11.3 Å². The van der Waals surface area contributed by atoms with Gasteiger partial charge in [-0.3, -0.25) is 4.68 Å². The van der Waals surface area contributed by atoms with Gasteiger partial charge >= 0.3 is 0 Å². The van der Waals surface area contributed by atoms with Gasteiger partial charge in [0.15, 0.2) is 0 Å². The Labute approximate surface area is 178 Å². The van der Waals surface area contributed by atoms with E-state index in [9.17, 15) is 10.1 Å². The lowest BCUT2D eigenvalue weighted by atomic mass is 10.1. The van der Waals surface area contributed by atoms with E-state index in [1.165, 1.54) is 0 Å². The van der Waals surface area contributed by atoms with Crippen LogP contribution < -0.4 is 4.74 Å². The molecule has 0 aliphatic carbocycles. The third-order valence-corrected chi connectivity index (χ3v) is 4.58. The molecule has 0 saturated heterocycles. The molecule has 0 aliphatic rings. The number of hydrogen-bond donors (Lipinski definition) is 0. The van der Waals surface area contributed by atoms with E-state index in [2.05, 4.69) is 26.3 Å². The molecule has 0 amide bonds. The molecular formula is C22H20N6O3. The minimum atomic E-state index is -0.0928. The van der Waals surface area contributed by atoms with Crippen molar-refractivity contribution in [3.8, 4) is 34.8 Å². The zero-order chi connectivity index (χ0) is 21.8. The summed E-state index contributed by atoms with van der Waals surface area (Å²) in [4.78, 5) is 19.2. The molecule has 3 aromatic heterocycles. The highest BCUT2D eigenvalue weighted by molar-refractivity contribution is 5.83. The van der Waals surface area contributed by atoms with E-state index in [0.717, 1.165) is 29.2 Å². The van der Waals surface area contributed by atoms with E-state index >= 15 is 0 Å². The van der Waals surface area contributed by atoms with Crippen molar-refractivity contribution in [3.05, 3.63) is 42.2 Å². The SMILES string of the molecule is CC(C)Oc1ncc(-c2nc(-c3ccc4c(cnn4CCCC=O)c3)no2)cc1C#N. The molecule has 0 spiro atoms. The van der Waals surface area contributed by atoms with Crippen LogP contribution in [0.15, 0.2) is 41.2 Å². The van der Waals surface area contributed by atoms with E-state index in [0.29, 0.717) is 29.9 Å². The topological polar surface area (TPSA) is 120 Å². The maximum absolute atomic E-state index is 10.5. The van der Waals surface area contributed by atoms with Crippen molar-refractivity contribution in [1.29, 1.82) is 5.26 Å². The average molecular weight is 416 g/mol. The molecule has 1 aromatic carbocycles. The van der Waals surface area contributed by atoms with Crippen LogP contribution in [0, 0.1) is 11.3 Å². The van der Waals surface area contributed by atoms with Gasteiger partial charge in [0, 0.05) is 30.1 Å². The monoisotopic (exact) mass is 416 g/mol. The molecule has 0 fully saturated rings. The van der Waals surface area contributed by atoms with Crippen molar-refractivity contribution in [1.82, 2.24) is 24.9 Å². The van der Waals surface area contributed by atoms with E-state index in [1.54, 1.807) is 18.5 Å². The molecule has 0 aliphatic heterocycles. The molecule has 0 bridgehead atoms. The summed E-state index contributed by atoms with van der Waals surface area (Å²) in [7, 11) is 0. The Kier molecular flexibility index (Phi) is 5.71.